The molecule has 1 heterocycles. The van der Waals surface area contributed by atoms with Gasteiger partial charge in [0.05, 0.1) is 5.60 Å². The molecule has 0 saturated carbocycles. The summed E-state index contributed by atoms with van der Waals surface area (Å²) >= 11 is 0. The Morgan fingerprint density at radius 1 is 1.47 bits per heavy atom. The van der Waals surface area contributed by atoms with Crippen LogP contribution in [-0.4, -0.2) is 30.1 Å². The standard InChI is InChI=1S/C11H12FNO2/c1-11(15)6-13(7-11)10-3-8(5-14)2-9(12)4-10/h2-5,15H,6-7H2,1H3. The Kier molecular flexibility index (Phi) is 2.23. The van der Waals surface area contributed by atoms with Crippen molar-refractivity contribution in [1.82, 2.24) is 0 Å². The fourth-order valence-electron chi connectivity index (χ4n) is 1.81. The van der Waals surface area contributed by atoms with Crippen molar-refractivity contribution in [2.45, 2.75) is 12.5 Å². The summed E-state index contributed by atoms with van der Waals surface area (Å²) in [5.74, 6) is -0.429. The summed E-state index contributed by atoms with van der Waals surface area (Å²) in [5.41, 5.74) is 0.258. The second-order valence-corrected chi connectivity index (χ2v) is 4.21. The zero-order valence-corrected chi connectivity index (χ0v) is 8.40. The largest absolute Gasteiger partial charge is 0.386 e. The van der Waals surface area contributed by atoms with E-state index in [0.29, 0.717) is 30.6 Å². The van der Waals surface area contributed by atoms with E-state index in [2.05, 4.69) is 0 Å². The van der Waals surface area contributed by atoms with Crippen LogP contribution >= 0.6 is 0 Å². The lowest BCUT2D eigenvalue weighted by Gasteiger charge is -2.45. The number of benzene rings is 1. The van der Waals surface area contributed by atoms with Crippen LogP contribution in [0.25, 0.3) is 0 Å². The van der Waals surface area contributed by atoms with Crippen LogP contribution in [0.4, 0.5) is 10.1 Å². The zero-order chi connectivity index (χ0) is 11.1. The molecule has 1 fully saturated rings. The van der Waals surface area contributed by atoms with Crippen LogP contribution in [0.1, 0.15) is 17.3 Å². The van der Waals surface area contributed by atoms with Crippen LogP contribution in [0.15, 0.2) is 18.2 Å². The van der Waals surface area contributed by atoms with Gasteiger partial charge in [0.25, 0.3) is 0 Å². The monoisotopic (exact) mass is 209 g/mol. The number of carbonyl (C=O) groups is 1. The number of aliphatic hydroxyl groups is 1. The minimum Gasteiger partial charge on any atom is -0.386 e. The van der Waals surface area contributed by atoms with E-state index < -0.39 is 11.4 Å². The molecule has 4 heteroatoms. The highest BCUT2D eigenvalue weighted by molar-refractivity contribution is 5.77. The van der Waals surface area contributed by atoms with Gasteiger partial charge in [0, 0.05) is 24.3 Å². The number of anilines is 1. The van der Waals surface area contributed by atoms with Gasteiger partial charge in [-0.05, 0) is 25.1 Å². The van der Waals surface area contributed by atoms with E-state index in [1.807, 2.05) is 4.90 Å². The summed E-state index contributed by atoms with van der Waals surface area (Å²) < 4.78 is 13.1. The van der Waals surface area contributed by atoms with Crippen molar-refractivity contribution in [2.24, 2.45) is 0 Å². The first kappa shape index (κ1) is 10.1. The molecule has 0 aromatic heterocycles. The minimum atomic E-state index is -0.701. The molecule has 0 amide bonds. The molecule has 1 aromatic carbocycles. The maximum atomic E-state index is 13.1. The third-order valence-electron chi connectivity index (χ3n) is 2.47. The summed E-state index contributed by atoms with van der Waals surface area (Å²) in [5, 5.41) is 9.54. The van der Waals surface area contributed by atoms with Gasteiger partial charge in [0.1, 0.15) is 12.1 Å². The maximum Gasteiger partial charge on any atom is 0.150 e. The highest BCUT2D eigenvalue weighted by atomic mass is 19.1. The number of halogens is 1. The Hall–Kier alpha value is -1.42. The van der Waals surface area contributed by atoms with Crippen molar-refractivity contribution >= 4 is 12.0 Å². The molecule has 1 aliphatic heterocycles. The first-order chi connectivity index (χ1) is 7.00. The quantitative estimate of drug-likeness (QED) is 0.744. The topological polar surface area (TPSA) is 40.5 Å². The van der Waals surface area contributed by atoms with Crippen molar-refractivity contribution in [3.63, 3.8) is 0 Å². The second kappa shape index (κ2) is 3.31. The lowest BCUT2D eigenvalue weighted by molar-refractivity contribution is 0.0310. The smallest absolute Gasteiger partial charge is 0.150 e. The fourth-order valence-corrected chi connectivity index (χ4v) is 1.81. The fraction of sp³-hybridized carbons (Fsp3) is 0.364. The van der Waals surface area contributed by atoms with E-state index >= 15 is 0 Å². The van der Waals surface area contributed by atoms with Gasteiger partial charge in [-0.2, -0.15) is 0 Å². The summed E-state index contributed by atoms with van der Waals surface area (Å²) in [6.45, 7) is 2.66. The Morgan fingerprint density at radius 2 is 2.13 bits per heavy atom. The van der Waals surface area contributed by atoms with E-state index in [0.717, 1.165) is 0 Å². The molecule has 3 nitrogen and oxygen atoms in total. The summed E-state index contributed by atoms with van der Waals surface area (Å²) in [4.78, 5) is 12.4. The normalized spacial score (nSPS) is 18.5. The van der Waals surface area contributed by atoms with Crippen LogP contribution in [0.5, 0.6) is 0 Å². The van der Waals surface area contributed by atoms with Gasteiger partial charge in [-0.3, -0.25) is 4.79 Å². The Bertz CT molecular complexity index is 396. The van der Waals surface area contributed by atoms with Crippen molar-refractivity contribution in [2.75, 3.05) is 18.0 Å². The number of hydrogen-bond donors (Lipinski definition) is 1. The average Bonchev–Trinajstić information content (AvgIpc) is 2.13. The number of β-amino-alcohol motifs (C(OH)–C–C–N with tert-alkyl or cyclic N) is 1. The summed E-state index contributed by atoms with van der Waals surface area (Å²) in [6, 6.07) is 4.17. The van der Waals surface area contributed by atoms with Crippen molar-refractivity contribution in [3.8, 4) is 0 Å². The molecule has 1 N–H and O–H groups in total. The predicted molar refractivity (Wildman–Crippen MR) is 54.6 cm³/mol. The van der Waals surface area contributed by atoms with Gasteiger partial charge in [0.15, 0.2) is 0 Å². The molecule has 1 aromatic rings. The van der Waals surface area contributed by atoms with Crippen molar-refractivity contribution in [3.05, 3.63) is 29.6 Å². The number of carbonyl (C=O) groups excluding carboxylic acids is 1. The van der Waals surface area contributed by atoms with Crippen LogP contribution in [0.2, 0.25) is 0 Å². The van der Waals surface area contributed by atoms with Gasteiger partial charge in [-0.1, -0.05) is 0 Å². The zero-order valence-electron chi connectivity index (χ0n) is 8.40. The minimum absolute atomic E-state index is 0.316. The highest BCUT2D eigenvalue weighted by Gasteiger charge is 2.36. The van der Waals surface area contributed by atoms with Crippen molar-refractivity contribution in [1.29, 1.82) is 0 Å². The van der Waals surface area contributed by atoms with E-state index in [4.69, 9.17) is 0 Å². The van der Waals surface area contributed by atoms with Crippen LogP contribution in [0.3, 0.4) is 0 Å². The molecule has 15 heavy (non-hydrogen) atoms. The first-order valence-electron chi connectivity index (χ1n) is 4.73. The Morgan fingerprint density at radius 3 is 2.67 bits per heavy atom. The number of aldehydes is 1. The van der Waals surface area contributed by atoms with Crippen LogP contribution in [-0.2, 0) is 0 Å². The van der Waals surface area contributed by atoms with Gasteiger partial charge in [-0.15, -0.1) is 0 Å². The van der Waals surface area contributed by atoms with Gasteiger partial charge < -0.3 is 10.0 Å². The Balaban J connectivity index is 2.22. The highest BCUT2D eigenvalue weighted by Crippen LogP contribution is 2.28. The van der Waals surface area contributed by atoms with E-state index in [-0.39, 0.29) is 0 Å². The molecule has 0 unspecified atom stereocenters. The molecule has 0 bridgehead atoms. The molecule has 80 valence electrons. The number of nitrogens with zero attached hydrogens (tertiary/aromatic N) is 1. The van der Waals surface area contributed by atoms with E-state index in [9.17, 15) is 14.3 Å². The molecule has 0 aliphatic carbocycles. The molecule has 0 spiro atoms. The van der Waals surface area contributed by atoms with Crippen LogP contribution in [0, 0.1) is 5.82 Å². The van der Waals surface area contributed by atoms with Crippen molar-refractivity contribution < 1.29 is 14.3 Å². The van der Waals surface area contributed by atoms with Gasteiger partial charge in [-0.25, -0.2) is 4.39 Å². The molecule has 1 aliphatic rings. The molecule has 2 rings (SSSR count). The third-order valence-corrected chi connectivity index (χ3v) is 2.47. The van der Waals surface area contributed by atoms with Gasteiger partial charge >= 0.3 is 0 Å². The maximum absolute atomic E-state index is 13.1. The summed E-state index contributed by atoms with van der Waals surface area (Å²) in [7, 11) is 0. The average molecular weight is 209 g/mol. The molecule has 1 saturated heterocycles. The second-order valence-electron chi connectivity index (χ2n) is 4.21. The lowest BCUT2D eigenvalue weighted by atomic mass is 9.96. The Labute approximate surface area is 87.1 Å². The van der Waals surface area contributed by atoms with E-state index in [1.54, 1.807) is 13.0 Å². The molecule has 0 radical (unpaired) electrons. The number of hydrogen-bond acceptors (Lipinski definition) is 3. The molecule has 0 atom stereocenters. The summed E-state index contributed by atoms with van der Waals surface area (Å²) in [6.07, 6.45) is 0.616. The lowest BCUT2D eigenvalue weighted by Crippen LogP contribution is -2.60. The van der Waals surface area contributed by atoms with Gasteiger partial charge in [0.2, 0.25) is 0 Å². The first-order valence-corrected chi connectivity index (χ1v) is 4.73. The molecular formula is C11H12FNO2. The van der Waals surface area contributed by atoms with Crippen LogP contribution < -0.4 is 4.90 Å². The number of rotatable bonds is 2. The molecular weight excluding hydrogens is 197 g/mol. The third kappa shape index (κ3) is 1.99. The SMILES string of the molecule is CC1(O)CN(c2cc(F)cc(C=O)c2)C1. The predicted octanol–water partition coefficient (Wildman–Crippen LogP) is 1.21. The van der Waals surface area contributed by atoms with E-state index in [1.165, 1.54) is 12.1 Å².